The lowest BCUT2D eigenvalue weighted by Gasteiger charge is -2.34. The van der Waals surface area contributed by atoms with Gasteiger partial charge in [-0.2, -0.15) is 10.5 Å². The van der Waals surface area contributed by atoms with Gasteiger partial charge in [-0.3, -0.25) is 9.97 Å². The van der Waals surface area contributed by atoms with Crippen molar-refractivity contribution >= 4 is 27.4 Å². The van der Waals surface area contributed by atoms with Crippen molar-refractivity contribution < 1.29 is 0 Å². The first-order chi connectivity index (χ1) is 34.2. The largest absolute Gasteiger partial charge is 0.308 e. The van der Waals surface area contributed by atoms with Crippen molar-refractivity contribution in [2.24, 2.45) is 0 Å². The Morgan fingerprint density at radius 3 is 1.28 bits per heavy atom. The van der Waals surface area contributed by atoms with E-state index < -0.39 is 10.8 Å². The lowest BCUT2D eigenvalue weighted by molar-refractivity contribution is 0.769. The molecular weight excluding hydrogens is 839 g/mol. The van der Waals surface area contributed by atoms with E-state index in [0.717, 1.165) is 33.1 Å². The zero-order valence-electron chi connectivity index (χ0n) is 37.1. The molecule has 5 nitrogen and oxygen atoms in total. The summed E-state index contributed by atoms with van der Waals surface area (Å²) in [5, 5.41) is 22.8. The lowest BCUT2D eigenvalue weighted by Crippen LogP contribution is -2.28. The van der Waals surface area contributed by atoms with E-state index >= 15 is 0 Å². The summed E-state index contributed by atoms with van der Waals surface area (Å²) in [6.07, 6.45) is 3.64. The van der Waals surface area contributed by atoms with Crippen LogP contribution in [-0.2, 0) is 10.8 Å². The number of fused-ring (bicyclic) bond motifs is 12. The molecule has 0 unspecified atom stereocenters. The minimum absolute atomic E-state index is 0.0325. The summed E-state index contributed by atoms with van der Waals surface area (Å²) < 4.78 is 2.30. The van der Waals surface area contributed by atoms with Crippen molar-refractivity contribution in [3.63, 3.8) is 0 Å². The monoisotopic (exact) mass is 875 g/mol. The van der Waals surface area contributed by atoms with Crippen molar-refractivity contribution in [3.8, 4) is 51.5 Å². The Morgan fingerprint density at radius 2 is 0.812 bits per heavy atom. The smallest absolute Gasteiger partial charge is 0.138 e. The van der Waals surface area contributed by atoms with E-state index in [-0.39, 0.29) is 5.57 Å². The van der Waals surface area contributed by atoms with Gasteiger partial charge in [0.1, 0.15) is 17.7 Å². The molecule has 318 valence electrons. The van der Waals surface area contributed by atoms with E-state index in [0.29, 0.717) is 22.5 Å². The Bertz CT molecular complexity index is 3800. The summed E-state index contributed by atoms with van der Waals surface area (Å²) in [5.74, 6) is 0. The van der Waals surface area contributed by atoms with Crippen molar-refractivity contribution in [2.45, 2.75) is 10.8 Å². The number of nitrogens with zero attached hydrogens (tertiary/aromatic N) is 5. The standard InChI is InChI=1S/C64H37N5/c65-37-40(38-66)60-50-24-15-33-67-61(50)62-53(60)36-45(39-68-62)69-58-31-29-43(63(41-16-3-1-4-17-41)54-25-11-7-20-46(54)47-21-8-12-26-55(47)63)34-51(58)52-35-44(30-32-59(52)69)64(42-18-5-2-6-19-42)56-27-13-9-22-48(56)49-23-10-14-28-57(49)64/h1-36,39H. The third-order valence-electron chi connectivity index (χ3n) is 15.1. The molecule has 5 heteroatoms. The molecule has 3 aliphatic carbocycles. The Labute approximate surface area is 398 Å². The van der Waals surface area contributed by atoms with E-state index in [2.05, 4.69) is 217 Å². The lowest BCUT2D eigenvalue weighted by atomic mass is 9.67. The van der Waals surface area contributed by atoms with E-state index in [9.17, 15) is 10.5 Å². The fraction of sp³-hybridized carbons (Fsp3) is 0.0312. The first kappa shape index (κ1) is 38.8. The fourth-order valence-corrected chi connectivity index (χ4v) is 12.5. The van der Waals surface area contributed by atoms with Crippen LogP contribution >= 0.6 is 0 Å². The third-order valence-corrected chi connectivity index (χ3v) is 15.1. The molecule has 0 fully saturated rings. The number of pyridine rings is 2. The molecule has 3 aliphatic rings. The van der Waals surface area contributed by atoms with Crippen LogP contribution in [0.3, 0.4) is 0 Å². The van der Waals surface area contributed by atoms with Gasteiger partial charge in [0.25, 0.3) is 0 Å². The molecule has 0 aliphatic heterocycles. The maximum absolute atomic E-state index is 10.3. The predicted octanol–water partition coefficient (Wildman–Crippen LogP) is 14.1. The molecule has 69 heavy (non-hydrogen) atoms. The van der Waals surface area contributed by atoms with Crippen LogP contribution in [-0.4, -0.2) is 14.5 Å². The number of nitriles is 2. The molecular formula is C64H37N5. The Hall–Kier alpha value is -9.42. The Morgan fingerprint density at radius 1 is 0.391 bits per heavy atom. The highest BCUT2D eigenvalue weighted by atomic mass is 15.0. The summed E-state index contributed by atoms with van der Waals surface area (Å²) in [6.45, 7) is 0. The van der Waals surface area contributed by atoms with Crippen molar-refractivity contribution in [2.75, 3.05) is 0 Å². The SMILES string of the molecule is N#CC(C#N)=C1c2cccnc2-c2ncc(-n3c4ccc(C5(c6ccccc6)c6ccccc6-c6ccccc65)cc4c4cc(C5(c6ccccc6)c6ccccc6-c6ccccc65)ccc43)cc21. The molecule has 11 aromatic rings. The molecule has 3 aromatic heterocycles. The maximum Gasteiger partial charge on any atom is 0.138 e. The minimum atomic E-state index is -0.609. The van der Waals surface area contributed by atoms with E-state index in [1.165, 1.54) is 66.8 Å². The van der Waals surface area contributed by atoms with Gasteiger partial charge in [0.15, 0.2) is 0 Å². The quantitative estimate of drug-likeness (QED) is 0.161. The number of allylic oxidation sites excluding steroid dienone is 1. The van der Waals surface area contributed by atoms with E-state index in [1.807, 2.05) is 18.3 Å². The molecule has 0 saturated heterocycles. The van der Waals surface area contributed by atoms with Crippen molar-refractivity contribution in [1.82, 2.24) is 14.5 Å². The van der Waals surface area contributed by atoms with Crippen LogP contribution in [0.1, 0.15) is 55.6 Å². The second-order valence-electron chi connectivity index (χ2n) is 18.2. The molecule has 8 aromatic carbocycles. The fourth-order valence-electron chi connectivity index (χ4n) is 12.5. The van der Waals surface area contributed by atoms with Gasteiger partial charge in [-0.05, 0) is 103 Å². The van der Waals surface area contributed by atoms with Gasteiger partial charge in [-0.15, -0.1) is 0 Å². The number of hydrogen-bond donors (Lipinski definition) is 0. The zero-order valence-corrected chi connectivity index (χ0v) is 37.1. The Balaban J connectivity index is 1.10. The number of aromatic nitrogens is 3. The number of hydrogen-bond acceptors (Lipinski definition) is 4. The zero-order chi connectivity index (χ0) is 45.8. The molecule has 0 spiro atoms. The average molecular weight is 876 g/mol. The Kier molecular flexibility index (Phi) is 8.18. The van der Waals surface area contributed by atoms with Crippen LogP contribution in [0.25, 0.3) is 66.7 Å². The van der Waals surface area contributed by atoms with Crippen molar-refractivity contribution in [1.29, 1.82) is 10.5 Å². The second-order valence-corrected chi connectivity index (χ2v) is 18.2. The molecule has 14 rings (SSSR count). The van der Waals surface area contributed by atoms with Gasteiger partial charge >= 0.3 is 0 Å². The van der Waals surface area contributed by atoms with E-state index in [4.69, 9.17) is 9.97 Å². The highest BCUT2D eigenvalue weighted by molar-refractivity contribution is 6.11. The molecule has 0 amide bonds. The summed E-state index contributed by atoms with van der Waals surface area (Å²) >= 11 is 0. The number of benzene rings is 8. The van der Waals surface area contributed by atoms with Crippen LogP contribution in [0, 0.1) is 22.7 Å². The molecule has 0 N–H and O–H groups in total. The topological polar surface area (TPSA) is 78.3 Å². The van der Waals surface area contributed by atoms with Gasteiger partial charge in [-0.1, -0.05) is 176 Å². The second kappa shape index (κ2) is 14.5. The van der Waals surface area contributed by atoms with Crippen LogP contribution in [0.2, 0.25) is 0 Å². The van der Waals surface area contributed by atoms with Gasteiger partial charge in [-0.25, -0.2) is 0 Å². The van der Waals surface area contributed by atoms with Gasteiger partial charge in [0.05, 0.1) is 45.1 Å². The normalized spacial score (nSPS) is 14.0. The van der Waals surface area contributed by atoms with Crippen LogP contribution < -0.4 is 0 Å². The minimum Gasteiger partial charge on any atom is -0.308 e. The molecule has 3 heterocycles. The van der Waals surface area contributed by atoms with Gasteiger partial charge in [0.2, 0.25) is 0 Å². The maximum atomic E-state index is 10.3. The molecule has 0 radical (unpaired) electrons. The van der Waals surface area contributed by atoms with Gasteiger partial charge < -0.3 is 4.57 Å². The first-order valence-corrected chi connectivity index (χ1v) is 23.3. The van der Waals surface area contributed by atoms with E-state index in [1.54, 1.807) is 6.20 Å². The molecule has 0 atom stereocenters. The molecule has 0 saturated carbocycles. The average Bonchev–Trinajstić information content (AvgIpc) is 4.12. The molecule has 0 bridgehead atoms. The first-order valence-electron chi connectivity index (χ1n) is 23.3. The highest BCUT2D eigenvalue weighted by Crippen LogP contribution is 2.59. The van der Waals surface area contributed by atoms with Crippen LogP contribution in [0.4, 0.5) is 0 Å². The third kappa shape index (κ3) is 5.06. The predicted molar refractivity (Wildman–Crippen MR) is 274 cm³/mol. The highest BCUT2D eigenvalue weighted by Gasteiger charge is 2.48. The van der Waals surface area contributed by atoms with Gasteiger partial charge in [0, 0.05) is 33.7 Å². The summed E-state index contributed by atoms with van der Waals surface area (Å²) in [7, 11) is 0. The van der Waals surface area contributed by atoms with Crippen LogP contribution in [0.5, 0.6) is 0 Å². The number of rotatable bonds is 5. The van der Waals surface area contributed by atoms with Crippen LogP contribution in [0.15, 0.2) is 230 Å². The van der Waals surface area contributed by atoms with Crippen molar-refractivity contribution in [3.05, 3.63) is 286 Å². The summed E-state index contributed by atoms with van der Waals surface area (Å²) in [5.41, 5.74) is 19.7. The summed E-state index contributed by atoms with van der Waals surface area (Å²) in [4.78, 5) is 9.79. The summed E-state index contributed by atoms with van der Waals surface area (Å²) in [6, 6.07) is 81.6.